The van der Waals surface area contributed by atoms with Crippen molar-refractivity contribution >= 4 is 28.3 Å². The molecule has 0 saturated heterocycles. The number of carbonyl (C=O) groups is 1. The van der Waals surface area contributed by atoms with Crippen LogP contribution in [0.2, 0.25) is 5.02 Å². The lowest BCUT2D eigenvalue weighted by atomic mass is 10.2. The molecule has 0 atom stereocenters. The molecule has 0 aliphatic rings. The monoisotopic (exact) mass is 252 g/mol. The van der Waals surface area contributed by atoms with Crippen molar-refractivity contribution in [3.8, 4) is 0 Å². The minimum atomic E-state index is -0.597. The molecule has 2 rings (SSSR count). The van der Waals surface area contributed by atoms with Gasteiger partial charge >= 0.3 is 5.69 Å². The summed E-state index contributed by atoms with van der Waals surface area (Å²) >= 11 is 5.78. The smallest absolute Gasteiger partial charge is 0.307 e. The maximum Gasteiger partial charge on any atom is 0.329 e. The Hall–Kier alpha value is -1.88. The minimum Gasteiger partial charge on any atom is -0.307 e. The topological polar surface area (TPSA) is 71.9 Å². The summed E-state index contributed by atoms with van der Waals surface area (Å²) in [5.41, 5.74) is -0.703. The lowest BCUT2D eigenvalue weighted by Gasteiger charge is -2.04. The molecule has 2 aromatic rings. The van der Waals surface area contributed by atoms with E-state index in [1.165, 1.54) is 13.0 Å². The number of Topliss-reactive ketones (excluding diaryl/α,β-unsaturated/α-hetero) is 1. The standard InChI is InChI=1S/C11H9ClN2O3/c1-6(15)5-14-10(16)8-4-7(12)2-3-9(8)13-11(14)17/h2-4H,5H2,1H3,(H,13,17). The van der Waals surface area contributed by atoms with Gasteiger partial charge in [0.2, 0.25) is 0 Å². The van der Waals surface area contributed by atoms with Gasteiger partial charge in [-0.25, -0.2) is 4.79 Å². The molecule has 5 nitrogen and oxygen atoms in total. The molecule has 0 aliphatic heterocycles. The van der Waals surface area contributed by atoms with E-state index < -0.39 is 11.2 Å². The van der Waals surface area contributed by atoms with E-state index in [1.54, 1.807) is 12.1 Å². The van der Waals surface area contributed by atoms with Crippen molar-refractivity contribution in [2.45, 2.75) is 13.5 Å². The highest BCUT2D eigenvalue weighted by atomic mass is 35.5. The number of carbonyl (C=O) groups excluding carboxylic acids is 1. The van der Waals surface area contributed by atoms with Crippen molar-refractivity contribution in [2.75, 3.05) is 0 Å². The predicted molar refractivity (Wildman–Crippen MR) is 64.5 cm³/mol. The summed E-state index contributed by atoms with van der Waals surface area (Å²) in [4.78, 5) is 37.1. The highest BCUT2D eigenvalue weighted by Gasteiger charge is 2.09. The third-order valence-electron chi connectivity index (χ3n) is 2.32. The van der Waals surface area contributed by atoms with Crippen molar-refractivity contribution in [3.63, 3.8) is 0 Å². The molecule has 1 aromatic carbocycles. The van der Waals surface area contributed by atoms with E-state index in [-0.39, 0.29) is 12.3 Å². The molecule has 1 N–H and O–H groups in total. The second-order valence-corrected chi connectivity index (χ2v) is 4.15. The fourth-order valence-corrected chi connectivity index (χ4v) is 1.76. The largest absolute Gasteiger partial charge is 0.329 e. The summed E-state index contributed by atoms with van der Waals surface area (Å²) in [5.74, 6) is -0.265. The third-order valence-corrected chi connectivity index (χ3v) is 2.56. The van der Waals surface area contributed by atoms with E-state index in [0.29, 0.717) is 15.9 Å². The van der Waals surface area contributed by atoms with Gasteiger partial charge in [-0.05, 0) is 25.1 Å². The molecule has 0 aliphatic carbocycles. The Balaban J connectivity index is 2.83. The summed E-state index contributed by atoms with van der Waals surface area (Å²) in [6.45, 7) is 1.07. The summed E-state index contributed by atoms with van der Waals surface area (Å²) in [5, 5.41) is 0.689. The second-order valence-electron chi connectivity index (χ2n) is 3.71. The van der Waals surface area contributed by atoms with Crippen LogP contribution in [0.3, 0.4) is 0 Å². The van der Waals surface area contributed by atoms with Crippen LogP contribution in [0.25, 0.3) is 10.9 Å². The number of aromatic amines is 1. The number of hydrogen-bond donors (Lipinski definition) is 1. The van der Waals surface area contributed by atoms with Gasteiger partial charge in [0.15, 0.2) is 0 Å². The number of ketones is 1. The van der Waals surface area contributed by atoms with E-state index in [2.05, 4.69) is 4.98 Å². The molecule has 88 valence electrons. The molecule has 0 fully saturated rings. The highest BCUT2D eigenvalue weighted by Crippen LogP contribution is 2.13. The van der Waals surface area contributed by atoms with Gasteiger partial charge in [-0.3, -0.25) is 14.2 Å². The fourth-order valence-electron chi connectivity index (χ4n) is 1.59. The Bertz CT molecular complexity index is 715. The SMILES string of the molecule is CC(=O)Cn1c(=O)[nH]c2ccc(Cl)cc2c1=O. The van der Waals surface area contributed by atoms with Gasteiger partial charge in [0, 0.05) is 5.02 Å². The van der Waals surface area contributed by atoms with Crippen molar-refractivity contribution in [3.05, 3.63) is 44.1 Å². The van der Waals surface area contributed by atoms with Crippen LogP contribution >= 0.6 is 11.6 Å². The summed E-state index contributed by atoms with van der Waals surface area (Å²) in [6, 6.07) is 4.60. The molecule has 0 bridgehead atoms. The number of nitrogens with zero attached hydrogens (tertiary/aromatic N) is 1. The molecule has 1 heterocycles. The first-order valence-corrected chi connectivity index (χ1v) is 5.28. The number of nitrogens with one attached hydrogen (secondary N) is 1. The van der Waals surface area contributed by atoms with E-state index in [0.717, 1.165) is 4.57 Å². The zero-order valence-electron chi connectivity index (χ0n) is 8.99. The zero-order valence-corrected chi connectivity index (χ0v) is 9.75. The van der Waals surface area contributed by atoms with Crippen LogP contribution in [0, 0.1) is 0 Å². The van der Waals surface area contributed by atoms with E-state index in [9.17, 15) is 14.4 Å². The van der Waals surface area contributed by atoms with Crippen molar-refractivity contribution < 1.29 is 4.79 Å². The van der Waals surface area contributed by atoms with Crippen LogP contribution in [0.1, 0.15) is 6.92 Å². The van der Waals surface area contributed by atoms with Crippen LogP contribution in [0.4, 0.5) is 0 Å². The first kappa shape index (κ1) is 11.6. The Labute approximate surface area is 101 Å². The molecule has 1 aromatic heterocycles. The van der Waals surface area contributed by atoms with E-state index in [1.807, 2.05) is 0 Å². The zero-order chi connectivity index (χ0) is 12.6. The Kier molecular flexibility index (Phi) is 2.85. The fraction of sp³-hybridized carbons (Fsp3) is 0.182. The number of rotatable bonds is 2. The number of H-pyrrole nitrogens is 1. The Morgan fingerprint density at radius 1 is 1.41 bits per heavy atom. The van der Waals surface area contributed by atoms with Gasteiger partial charge in [-0.2, -0.15) is 0 Å². The Morgan fingerprint density at radius 3 is 2.76 bits per heavy atom. The third kappa shape index (κ3) is 2.14. The van der Waals surface area contributed by atoms with Crippen LogP contribution in [-0.2, 0) is 11.3 Å². The molecule has 17 heavy (non-hydrogen) atoms. The number of benzene rings is 1. The molecular formula is C11H9ClN2O3. The summed E-state index contributed by atoms with van der Waals surface area (Å²) in [7, 11) is 0. The van der Waals surface area contributed by atoms with E-state index >= 15 is 0 Å². The highest BCUT2D eigenvalue weighted by molar-refractivity contribution is 6.31. The first-order chi connectivity index (χ1) is 7.99. The molecule has 0 unspecified atom stereocenters. The van der Waals surface area contributed by atoms with Crippen molar-refractivity contribution in [2.24, 2.45) is 0 Å². The quantitative estimate of drug-likeness (QED) is 0.864. The minimum absolute atomic E-state index is 0.239. The van der Waals surface area contributed by atoms with Crippen LogP contribution in [0.5, 0.6) is 0 Å². The molecule has 6 heteroatoms. The maximum atomic E-state index is 12.0. The molecular weight excluding hydrogens is 244 g/mol. The van der Waals surface area contributed by atoms with Gasteiger partial charge in [0.25, 0.3) is 5.56 Å². The summed E-state index contributed by atoms with van der Waals surface area (Å²) in [6.07, 6.45) is 0. The number of halogens is 1. The molecule has 0 saturated carbocycles. The van der Waals surface area contributed by atoms with Gasteiger partial charge < -0.3 is 4.98 Å². The summed E-state index contributed by atoms with van der Waals surface area (Å²) < 4.78 is 0.862. The molecule has 0 amide bonds. The van der Waals surface area contributed by atoms with Gasteiger partial charge in [0.1, 0.15) is 5.78 Å². The average molecular weight is 253 g/mol. The number of hydrogen-bond acceptors (Lipinski definition) is 3. The van der Waals surface area contributed by atoms with Gasteiger partial charge in [-0.1, -0.05) is 11.6 Å². The molecule has 0 radical (unpaired) electrons. The average Bonchev–Trinajstić information content (AvgIpc) is 2.25. The van der Waals surface area contributed by atoms with Crippen LogP contribution in [0.15, 0.2) is 27.8 Å². The van der Waals surface area contributed by atoms with Gasteiger partial charge in [0.05, 0.1) is 17.4 Å². The normalized spacial score (nSPS) is 10.7. The van der Waals surface area contributed by atoms with Crippen molar-refractivity contribution in [1.82, 2.24) is 9.55 Å². The van der Waals surface area contributed by atoms with Crippen LogP contribution in [-0.4, -0.2) is 15.3 Å². The van der Waals surface area contributed by atoms with E-state index in [4.69, 9.17) is 11.6 Å². The maximum absolute atomic E-state index is 12.0. The lowest BCUT2D eigenvalue weighted by molar-refractivity contribution is -0.117. The number of aromatic nitrogens is 2. The van der Waals surface area contributed by atoms with Crippen LogP contribution < -0.4 is 11.2 Å². The van der Waals surface area contributed by atoms with Crippen molar-refractivity contribution in [1.29, 1.82) is 0 Å². The Morgan fingerprint density at radius 2 is 2.12 bits per heavy atom. The molecule has 0 spiro atoms. The second kappa shape index (κ2) is 4.18. The predicted octanol–water partition coefficient (Wildman–Crippen LogP) is 0.932. The van der Waals surface area contributed by atoms with Gasteiger partial charge in [-0.15, -0.1) is 0 Å². The lowest BCUT2D eigenvalue weighted by Crippen LogP contribution is -2.36. The first-order valence-electron chi connectivity index (χ1n) is 4.91. The number of fused-ring (bicyclic) bond motifs is 1.